The summed E-state index contributed by atoms with van der Waals surface area (Å²) < 4.78 is 10.5. The Labute approximate surface area is 104 Å². The molecule has 3 rings (SSSR count). The van der Waals surface area contributed by atoms with Gasteiger partial charge in [-0.3, -0.25) is 5.10 Å². The topological polar surface area (TPSA) is 79.4 Å². The molecule has 6 heteroatoms. The third-order valence-corrected chi connectivity index (χ3v) is 2.76. The highest BCUT2D eigenvalue weighted by Crippen LogP contribution is 2.37. The molecule has 2 aromatic rings. The van der Waals surface area contributed by atoms with Crippen LogP contribution in [0.2, 0.25) is 0 Å². The minimum atomic E-state index is 0.205. The summed E-state index contributed by atoms with van der Waals surface area (Å²) in [6.45, 7) is 1.41. The van der Waals surface area contributed by atoms with Crippen LogP contribution in [0.25, 0.3) is 0 Å². The number of ether oxygens (including phenoxy) is 2. The summed E-state index contributed by atoms with van der Waals surface area (Å²) in [4.78, 5) is 0. The molecule has 1 aromatic carbocycles. The Hall–Kier alpha value is -2.21. The van der Waals surface area contributed by atoms with E-state index in [2.05, 4.69) is 15.5 Å². The predicted molar refractivity (Wildman–Crippen MR) is 63.4 cm³/mol. The standard InChI is InChI=1S/C12H13N3O3/c16-10-4-12-11(17-7-18-12)3-8(10)5-13-6-9-1-2-14-15-9/h1-4,13,16H,5-7H2,(H,14,15). The normalized spacial score (nSPS) is 12.9. The minimum Gasteiger partial charge on any atom is -0.507 e. The van der Waals surface area contributed by atoms with Gasteiger partial charge in [-0.25, -0.2) is 0 Å². The van der Waals surface area contributed by atoms with Crippen molar-refractivity contribution in [2.24, 2.45) is 0 Å². The zero-order chi connectivity index (χ0) is 12.4. The van der Waals surface area contributed by atoms with Crippen molar-refractivity contribution in [1.82, 2.24) is 15.5 Å². The van der Waals surface area contributed by atoms with Crippen molar-refractivity contribution in [2.75, 3.05) is 6.79 Å². The number of H-pyrrole nitrogens is 1. The van der Waals surface area contributed by atoms with Crippen molar-refractivity contribution in [3.63, 3.8) is 0 Å². The molecule has 0 saturated carbocycles. The van der Waals surface area contributed by atoms with Crippen LogP contribution >= 0.6 is 0 Å². The molecule has 0 unspecified atom stereocenters. The summed E-state index contributed by atoms with van der Waals surface area (Å²) in [5.41, 5.74) is 1.77. The number of hydrogen-bond acceptors (Lipinski definition) is 5. The molecule has 1 aromatic heterocycles. The molecule has 2 heterocycles. The monoisotopic (exact) mass is 247 g/mol. The highest BCUT2D eigenvalue weighted by molar-refractivity contribution is 5.51. The fourth-order valence-corrected chi connectivity index (χ4v) is 1.83. The van der Waals surface area contributed by atoms with Crippen LogP contribution in [0.5, 0.6) is 17.2 Å². The van der Waals surface area contributed by atoms with Crippen LogP contribution in [0.1, 0.15) is 11.3 Å². The summed E-state index contributed by atoms with van der Waals surface area (Å²) in [6, 6.07) is 5.26. The number of nitrogens with zero attached hydrogens (tertiary/aromatic N) is 1. The van der Waals surface area contributed by atoms with E-state index < -0.39 is 0 Å². The van der Waals surface area contributed by atoms with Crippen LogP contribution in [0, 0.1) is 0 Å². The maximum absolute atomic E-state index is 9.84. The van der Waals surface area contributed by atoms with Gasteiger partial charge in [0.05, 0.1) is 0 Å². The van der Waals surface area contributed by atoms with E-state index >= 15 is 0 Å². The Morgan fingerprint density at radius 2 is 2.11 bits per heavy atom. The second kappa shape index (κ2) is 4.58. The van der Waals surface area contributed by atoms with Gasteiger partial charge in [0.25, 0.3) is 0 Å². The number of hydrogen-bond donors (Lipinski definition) is 3. The molecule has 0 spiro atoms. The first-order valence-electron chi connectivity index (χ1n) is 5.63. The van der Waals surface area contributed by atoms with Crippen molar-refractivity contribution < 1.29 is 14.6 Å². The average Bonchev–Trinajstić information content (AvgIpc) is 3.00. The Morgan fingerprint density at radius 3 is 2.89 bits per heavy atom. The average molecular weight is 247 g/mol. The number of aromatic amines is 1. The SMILES string of the molecule is Oc1cc2c(cc1CNCc1ccn[nH]1)OCO2. The predicted octanol–water partition coefficient (Wildman–Crippen LogP) is 1.13. The van der Waals surface area contributed by atoms with E-state index in [0.717, 1.165) is 11.3 Å². The van der Waals surface area contributed by atoms with Crippen molar-refractivity contribution in [3.05, 3.63) is 35.7 Å². The number of phenols is 1. The Balaban J connectivity index is 1.66. The third-order valence-electron chi connectivity index (χ3n) is 2.76. The van der Waals surface area contributed by atoms with Gasteiger partial charge in [0.2, 0.25) is 6.79 Å². The summed E-state index contributed by atoms with van der Waals surface area (Å²) >= 11 is 0. The summed E-state index contributed by atoms with van der Waals surface area (Å²) in [5, 5.41) is 19.8. The first-order chi connectivity index (χ1) is 8.83. The highest BCUT2D eigenvalue weighted by atomic mass is 16.7. The van der Waals surface area contributed by atoms with Gasteiger partial charge in [-0.05, 0) is 12.1 Å². The Morgan fingerprint density at radius 1 is 1.28 bits per heavy atom. The maximum Gasteiger partial charge on any atom is 0.231 e. The molecule has 0 atom stereocenters. The summed E-state index contributed by atoms with van der Waals surface area (Å²) in [6.07, 6.45) is 1.70. The number of rotatable bonds is 4. The molecule has 1 aliphatic heterocycles. The molecule has 0 bridgehead atoms. The van der Waals surface area contributed by atoms with E-state index in [-0.39, 0.29) is 12.5 Å². The summed E-state index contributed by atoms with van der Waals surface area (Å²) in [5.74, 6) is 1.47. The van der Waals surface area contributed by atoms with Gasteiger partial charge in [-0.15, -0.1) is 0 Å². The van der Waals surface area contributed by atoms with Crippen LogP contribution in [-0.2, 0) is 13.1 Å². The first kappa shape index (κ1) is 10.9. The minimum absolute atomic E-state index is 0.205. The fraction of sp³-hybridized carbons (Fsp3) is 0.250. The van der Waals surface area contributed by atoms with Crippen LogP contribution in [0.3, 0.4) is 0 Å². The van der Waals surface area contributed by atoms with Crippen LogP contribution in [0.4, 0.5) is 0 Å². The molecule has 0 saturated heterocycles. The van der Waals surface area contributed by atoms with Gasteiger partial charge in [-0.2, -0.15) is 5.10 Å². The second-order valence-electron chi connectivity index (χ2n) is 4.02. The van der Waals surface area contributed by atoms with Crippen LogP contribution in [-0.4, -0.2) is 22.1 Å². The maximum atomic E-state index is 9.84. The number of benzene rings is 1. The molecule has 0 radical (unpaired) electrons. The molecule has 6 nitrogen and oxygen atoms in total. The first-order valence-corrected chi connectivity index (χ1v) is 5.63. The lowest BCUT2D eigenvalue weighted by atomic mass is 10.1. The van der Waals surface area contributed by atoms with Crippen molar-refractivity contribution in [3.8, 4) is 17.2 Å². The number of fused-ring (bicyclic) bond motifs is 1. The smallest absolute Gasteiger partial charge is 0.231 e. The van der Waals surface area contributed by atoms with Gasteiger partial charge in [0.15, 0.2) is 11.5 Å². The van der Waals surface area contributed by atoms with E-state index in [1.165, 1.54) is 0 Å². The largest absolute Gasteiger partial charge is 0.507 e. The zero-order valence-electron chi connectivity index (χ0n) is 9.64. The Bertz CT molecular complexity index is 540. The molecule has 18 heavy (non-hydrogen) atoms. The van der Waals surface area contributed by atoms with Gasteiger partial charge < -0.3 is 19.9 Å². The van der Waals surface area contributed by atoms with Gasteiger partial charge >= 0.3 is 0 Å². The van der Waals surface area contributed by atoms with E-state index in [1.807, 2.05) is 6.07 Å². The van der Waals surface area contributed by atoms with Gasteiger partial charge in [0.1, 0.15) is 5.75 Å². The van der Waals surface area contributed by atoms with Gasteiger partial charge in [0, 0.05) is 36.6 Å². The number of aromatic nitrogens is 2. The molecular weight excluding hydrogens is 234 g/mol. The van der Waals surface area contributed by atoms with E-state index in [9.17, 15) is 5.11 Å². The Kier molecular flexibility index (Phi) is 2.77. The van der Waals surface area contributed by atoms with Crippen LogP contribution < -0.4 is 14.8 Å². The third kappa shape index (κ3) is 2.10. The second-order valence-corrected chi connectivity index (χ2v) is 4.02. The van der Waals surface area contributed by atoms with Gasteiger partial charge in [-0.1, -0.05) is 0 Å². The molecule has 0 amide bonds. The number of aromatic hydroxyl groups is 1. The zero-order valence-corrected chi connectivity index (χ0v) is 9.64. The van der Waals surface area contributed by atoms with Crippen molar-refractivity contribution >= 4 is 0 Å². The lowest BCUT2D eigenvalue weighted by Crippen LogP contribution is -2.13. The lowest BCUT2D eigenvalue weighted by Gasteiger charge is -2.07. The molecule has 1 aliphatic rings. The van der Waals surface area contributed by atoms with Crippen LogP contribution in [0.15, 0.2) is 24.4 Å². The number of nitrogens with one attached hydrogen (secondary N) is 2. The molecule has 0 aliphatic carbocycles. The molecular formula is C12H13N3O3. The highest BCUT2D eigenvalue weighted by Gasteiger charge is 2.16. The summed E-state index contributed by atoms with van der Waals surface area (Å²) in [7, 11) is 0. The number of phenolic OH excluding ortho intramolecular Hbond substituents is 1. The van der Waals surface area contributed by atoms with E-state index in [4.69, 9.17) is 9.47 Å². The quantitative estimate of drug-likeness (QED) is 0.754. The molecule has 0 fully saturated rings. The molecule has 94 valence electrons. The molecule has 3 N–H and O–H groups in total. The fourth-order valence-electron chi connectivity index (χ4n) is 1.83. The van der Waals surface area contributed by atoms with Crippen molar-refractivity contribution in [1.29, 1.82) is 0 Å². The lowest BCUT2D eigenvalue weighted by molar-refractivity contribution is 0.174. The van der Waals surface area contributed by atoms with Crippen molar-refractivity contribution in [2.45, 2.75) is 13.1 Å². The van der Waals surface area contributed by atoms with E-state index in [1.54, 1.807) is 18.3 Å². The van der Waals surface area contributed by atoms with E-state index in [0.29, 0.717) is 24.6 Å².